The van der Waals surface area contributed by atoms with E-state index in [2.05, 4.69) is 10.1 Å². The summed E-state index contributed by atoms with van der Waals surface area (Å²) in [5.74, 6) is -0.605. The maximum atomic E-state index is 11.4. The molecule has 1 heterocycles. The Morgan fingerprint density at radius 2 is 2.19 bits per heavy atom. The fraction of sp³-hybridized carbons (Fsp3) is 0.700. The SMILES string of the molecule is COC(=O)CCC(=O)NC1CC(=O)N(C)C1. The number of ether oxygens (including phenoxy) is 1. The van der Waals surface area contributed by atoms with Gasteiger partial charge in [-0.05, 0) is 0 Å². The molecule has 0 saturated carbocycles. The van der Waals surface area contributed by atoms with Crippen molar-refractivity contribution in [3.05, 3.63) is 0 Å². The van der Waals surface area contributed by atoms with Crippen LogP contribution < -0.4 is 5.32 Å². The van der Waals surface area contributed by atoms with Crippen LogP contribution in [-0.2, 0) is 19.1 Å². The summed E-state index contributed by atoms with van der Waals surface area (Å²) >= 11 is 0. The van der Waals surface area contributed by atoms with Crippen molar-refractivity contribution in [3.63, 3.8) is 0 Å². The van der Waals surface area contributed by atoms with Crippen molar-refractivity contribution in [2.45, 2.75) is 25.3 Å². The number of hydrogen-bond acceptors (Lipinski definition) is 4. The van der Waals surface area contributed by atoms with Crippen LogP contribution >= 0.6 is 0 Å². The minimum atomic E-state index is -0.408. The predicted octanol–water partition coefficient (Wildman–Crippen LogP) is -0.713. The molecular weight excluding hydrogens is 212 g/mol. The molecule has 1 fully saturated rings. The number of hydrogen-bond donors (Lipinski definition) is 1. The second-order valence-electron chi connectivity index (χ2n) is 3.82. The molecule has 0 aromatic rings. The van der Waals surface area contributed by atoms with Crippen molar-refractivity contribution in [1.29, 1.82) is 0 Å². The van der Waals surface area contributed by atoms with Gasteiger partial charge in [-0.25, -0.2) is 0 Å². The number of esters is 1. The number of likely N-dealkylation sites (tertiary alicyclic amines) is 1. The molecule has 2 amide bonds. The molecule has 0 radical (unpaired) electrons. The molecule has 0 aliphatic carbocycles. The lowest BCUT2D eigenvalue weighted by molar-refractivity contribution is -0.142. The van der Waals surface area contributed by atoms with E-state index in [9.17, 15) is 14.4 Å². The van der Waals surface area contributed by atoms with Crippen molar-refractivity contribution in [3.8, 4) is 0 Å². The molecule has 0 spiro atoms. The van der Waals surface area contributed by atoms with Crippen molar-refractivity contribution >= 4 is 17.8 Å². The number of likely N-dealkylation sites (N-methyl/N-ethyl adjacent to an activating group) is 1. The van der Waals surface area contributed by atoms with E-state index in [4.69, 9.17) is 0 Å². The molecule has 1 atom stereocenters. The van der Waals surface area contributed by atoms with Crippen molar-refractivity contribution in [2.24, 2.45) is 0 Å². The lowest BCUT2D eigenvalue weighted by Gasteiger charge is -2.11. The van der Waals surface area contributed by atoms with Crippen LogP contribution in [0.2, 0.25) is 0 Å². The van der Waals surface area contributed by atoms with Crippen LogP contribution in [0.1, 0.15) is 19.3 Å². The van der Waals surface area contributed by atoms with Gasteiger partial charge in [0.1, 0.15) is 0 Å². The van der Waals surface area contributed by atoms with Crippen LogP contribution in [0.5, 0.6) is 0 Å². The van der Waals surface area contributed by atoms with Gasteiger partial charge in [0, 0.05) is 26.4 Å². The van der Waals surface area contributed by atoms with Crippen molar-refractivity contribution in [1.82, 2.24) is 10.2 Å². The van der Waals surface area contributed by atoms with E-state index in [1.54, 1.807) is 11.9 Å². The first-order valence-corrected chi connectivity index (χ1v) is 5.13. The van der Waals surface area contributed by atoms with Gasteiger partial charge < -0.3 is 15.0 Å². The van der Waals surface area contributed by atoms with E-state index in [1.165, 1.54) is 7.11 Å². The molecule has 1 rings (SSSR count). The Balaban J connectivity index is 2.25. The third-order valence-corrected chi connectivity index (χ3v) is 2.49. The third-order valence-electron chi connectivity index (χ3n) is 2.49. The smallest absolute Gasteiger partial charge is 0.306 e. The topological polar surface area (TPSA) is 75.7 Å². The highest BCUT2D eigenvalue weighted by atomic mass is 16.5. The lowest BCUT2D eigenvalue weighted by Crippen LogP contribution is -2.36. The van der Waals surface area contributed by atoms with Crippen LogP contribution in [0.4, 0.5) is 0 Å². The summed E-state index contributed by atoms with van der Waals surface area (Å²) in [6.45, 7) is 0.531. The van der Waals surface area contributed by atoms with Gasteiger partial charge in [-0.15, -0.1) is 0 Å². The normalized spacial score (nSPS) is 19.8. The van der Waals surface area contributed by atoms with Crippen molar-refractivity contribution < 1.29 is 19.1 Å². The van der Waals surface area contributed by atoms with Gasteiger partial charge in [-0.1, -0.05) is 0 Å². The molecule has 6 nitrogen and oxygen atoms in total. The number of nitrogens with one attached hydrogen (secondary N) is 1. The molecular formula is C10H16N2O4. The number of methoxy groups -OCH3 is 1. The molecule has 1 aliphatic heterocycles. The molecule has 0 bridgehead atoms. The zero-order valence-electron chi connectivity index (χ0n) is 9.49. The molecule has 1 unspecified atom stereocenters. The maximum Gasteiger partial charge on any atom is 0.306 e. The molecule has 16 heavy (non-hydrogen) atoms. The Bertz CT molecular complexity index is 303. The van der Waals surface area contributed by atoms with Gasteiger partial charge in [-0.2, -0.15) is 0 Å². The van der Waals surface area contributed by atoms with Crippen LogP contribution in [-0.4, -0.2) is 49.4 Å². The zero-order chi connectivity index (χ0) is 12.1. The van der Waals surface area contributed by atoms with Crippen LogP contribution in [0.25, 0.3) is 0 Å². The molecule has 90 valence electrons. The van der Waals surface area contributed by atoms with Crippen LogP contribution in [0, 0.1) is 0 Å². The molecule has 6 heteroatoms. The molecule has 0 aromatic carbocycles. The van der Waals surface area contributed by atoms with E-state index in [1.807, 2.05) is 0 Å². The summed E-state index contributed by atoms with van der Waals surface area (Å²) in [6.07, 6.45) is 0.500. The second-order valence-corrected chi connectivity index (χ2v) is 3.82. The minimum absolute atomic E-state index is 0.0262. The zero-order valence-corrected chi connectivity index (χ0v) is 9.49. The van der Waals surface area contributed by atoms with Gasteiger partial charge in [0.05, 0.1) is 19.6 Å². The predicted molar refractivity (Wildman–Crippen MR) is 55.4 cm³/mol. The fourth-order valence-electron chi connectivity index (χ4n) is 1.58. The Kier molecular flexibility index (Phi) is 4.28. The maximum absolute atomic E-state index is 11.4. The average molecular weight is 228 g/mol. The summed E-state index contributed by atoms with van der Waals surface area (Å²) in [4.78, 5) is 34.9. The quantitative estimate of drug-likeness (QED) is 0.645. The molecule has 0 aromatic heterocycles. The van der Waals surface area contributed by atoms with E-state index in [0.29, 0.717) is 13.0 Å². The van der Waals surface area contributed by atoms with Gasteiger partial charge in [0.25, 0.3) is 0 Å². The highest BCUT2D eigenvalue weighted by Crippen LogP contribution is 2.08. The van der Waals surface area contributed by atoms with E-state index in [-0.39, 0.29) is 30.7 Å². The number of carbonyl (C=O) groups is 3. The van der Waals surface area contributed by atoms with Gasteiger partial charge >= 0.3 is 5.97 Å². The van der Waals surface area contributed by atoms with Crippen LogP contribution in [0.15, 0.2) is 0 Å². The number of amides is 2. The summed E-state index contributed by atoms with van der Waals surface area (Å²) in [5.41, 5.74) is 0. The number of nitrogens with zero attached hydrogens (tertiary/aromatic N) is 1. The Morgan fingerprint density at radius 1 is 1.50 bits per heavy atom. The summed E-state index contributed by atoms with van der Waals surface area (Å²) in [5, 5.41) is 2.71. The van der Waals surface area contributed by atoms with E-state index >= 15 is 0 Å². The third kappa shape index (κ3) is 3.52. The highest BCUT2D eigenvalue weighted by molar-refractivity contribution is 5.83. The van der Waals surface area contributed by atoms with E-state index in [0.717, 1.165) is 0 Å². The fourth-order valence-corrected chi connectivity index (χ4v) is 1.58. The Labute approximate surface area is 93.9 Å². The Hall–Kier alpha value is -1.59. The first-order valence-electron chi connectivity index (χ1n) is 5.13. The summed E-state index contributed by atoms with van der Waals surface area (Å²) in [6, 6.07) is -0.136. The molecule has 1 aliphatic rings. The Morgan fingerprint density at radius 3 is 2.69 bits per heavy atom. The average Bonchev–Trinajstić information content (AvgIpc) is 2.54. The highest BCUT2D eigenvalue weighted by Gasteiger charge is 2.27. The standard InChI is InChI=1S/C10H16N2O4/c1-12-6-7(5-9(12)14)11-8(13)3-4-10(15)16-2/h7H,3-6H2,1-2H3,(H,11,13). The summed E-state index contributed by atoms with van der Waals surface area (Å²) < 4.78 is 4.42. The number of rotatable bonds is 4. The number of carbonyl (C=O) groups excluding carboxylic acids is 3. The largest absolute Gasteiger partial charge is 0.469 e. The van der Waals surface area contributed by atoms with E-state index < -0.39 is 5.97 Å². The molecule has 1 saturated heterocycles. The van der Waals surface area contributed by atoms with Gasteiger partial charge in [-0.3, -0.25) is 14.4 Å². The summed E-state index contributed by atoms with van der Waals surface area (Å²) in [7, 11) is 2.98. The van der Waals surface area contributed by atoms with Gasteiger partial charge in [0.15, 0.2) is 0 Å². The monoisotopic (exact) mass is 228 g/mol. The van der Waals surface area contributed by atoms with Crippen molar-refractivity contribution in [2.75, 3.05) is 20.7 Å². The second kappa shape index (κ2) is 5.48. The first-order chi connectivity index (χ1) is 7.52. The van der Waals surface area contributed by atoms with Gasteiger partial charge in [0.2, 0.25) is 11.8 Å². The minimum Gasteiger partial charge on any atom is -0.469 e. The lowest BCUT2D eigenvalue weighted by atomic mass is 10.2. The molecule has 1 N–H and O–H groups in total. The first kappa shape index (κ1) is 12.5. The van der Waals surface area contributed by atoms with Crippen LogP contribution in [0.3, 0.4) is 0 Å².